The Morgan fingerprint density at radius 2 is 2.00 bits per heavy atom. The predicted octanol–water partition coefficient (Wildman–Crippen LogP) is 4.37. The number of thiophene rings is 1. The molecule has 26 heavy (non-hydrogen) atoms. The molecule has 0 aliphatic rings. The van der Waals surface area contributed by atoms with Crippen LogP contribution in [0.4, 0.5) is 5.69 Å². The van der Waals surface area contributed by atoms with Gasteiger partial charge in [0.15, 0.2) is 0 Å². The smallest absolute Gasteiger partial charge is 0.283 e. The molecule has 0 fully saturated rings. The van der Waals surface area contributed by atoms with Gasteiger partial charge in [-0.3, -0.25) is 14.9 Å². The van der Waals surface area contributed by atoms with E-state index in [2.05, 4.69) is 10.3 Å². The van der Waals surface area contributed by atoms with Crippen molar-refractivity contribution < 1.29 is 9.72 Å². The highest BCUT2D eigenvalue weighted by molar-refractivity contribution is 7.14. The van der Waals surface area contributed by atoms with E-state index >= 15 is 0 Å². The van der Waals surface area contributed by atoms with Crippen LogP contribution in [-0.2, 0) is 6.42 Å². The van der Waals surface area contributed by atoms with Crippen LogP contribution in [-0.4, -0.2) is 22.4 Å². The molecule has 134 valence electrons. The Balaban J connectivity index is 1.55. The molecular weight excluding hydrogens is 370 g/mol. The van der Waals surface area contributed by atoms with E-state index < -0.39 is 4.92 Å². The van der Waals surface area contributed by atoms with Gasteiger partial charge in [0.1, 0.15) is 0 Å². The average molecular weight is 387 g/mol. The summed E-state index contributed by atoms with van der Waals surface area (Å²) in [5.74, 6) is -0.277. The second-order valence-corrected chi connectivity index (χ2v) is 8.08. The van der Waals surface area contributed by atoms with Gasteiger partial charge < -0.3 is 5.32 Å². The molecule has 0 radical (unpaired) electrons. The van der Waals surface area contributed by atoms with Gasteiger partial charge in [0.25, 0.3) is 11.6 Å². The van der Waals surface area contributed by atoms with E-state index in [1.165, 1.54) is 6.07 Å². The minimum absolute atomic E-state index is 0.00647. The second kappa shape index (κ2) is 7.76. The lowest BCUT2D eigenvalue weighted by molar-refractivity contribution is -0.385. The number of carbonyl (C=O) groups excluding carboxylic acids is 1. The molecule has 0 atom stereocenters. The molecule has 0 bridgehead atoms. The summed E-state index contributed by atoms with van der Waals surface area (Å²) in [6.07, 6.45) is 0.689. The third-order valence-corrected chi connectivity index (χ3v) is 5.69. The van der Waals surface area contributed by atoms with E-state index in [0.29, 0.717) is 22.7 Å². The van der Waals surface area contributed by atoms with E-state index in [4.69, 9.17) is 0 Å². The lowest BCUT2D eigenvalue weighted by atomic mass is 10.1. The van der Waals surface area contributed by atoms with Crippen molar-refractivity contribution in [3.8, 4) is 11.3 Å². The molecule has 2 heterocycles. The summed E-state index contributed by atoms with van der Waals surface area (Å²) >= 11 is 2.76. The summed E-state index contributed by atoms with van der Waals surface area (Å²) in [4.78, 5) is 27.9. The fraction of sp³-hybridized carbons (Fsp3) is 0.222. The SMILES string of the molecule is Cc1nc(-c2ccc(CCNC(=O)c3cc([N+](=O)[O-])c(C)s3)cc2)cs1. The first kappa shape index (κ1) is 18.2. The maximum absolute atomic E-state index is 12.1. The topological polar surface area (TPSA) is 85.1 Å². The minimum atomic E-state index is -0.464. The summed E-state index contributed by atoms with van der Waals surface area (Å²) < 4.78 is 0. The molecule has 1 aromatic carbocycles. The molecule has 3 rings (SSSR count). The lowest BCUT2D eigenvalue weighted by Crippen LogP contribution is -2.24. The van der Waals surface area contributed by atoms with E-state index in [0.717, 1.165) is 33.2 Å². The molecule has 0 saturated carbocycles. The Hall–Kier alpha value is -2.58. The van der Waals surface area contributed by atoms with Crippen LogP contribution in [0.15, 0.2) is 35.7 Å². The number of nitrogens with one attached hydrogen (secondary N) is 1. The van der Waals surface area contributed by atoms with Crippen LogP contribution in [0.5, 0.6) is 0 Å². The average Bonchev–Trinajstić information content (AvgIpc) is 3.21. The number of nitrogens with zero attached hydrogens (tertiary/aromatic N) is 2. The van der Waals surface area contributed by atoms with Crippen LogP contribution >= 0.6 is 22.7 Å². The van der Waals surface area contributed by atoms with Gasteiger partial charge in [-0.15, -0.1) is 22.7 Å². The molecule has 3 aromatic rings. The zero-order valence-electron chi connectivity index (χ0n) is 14.3. The number of aryl methyl sites for hydroxylation is 2. The molecule has 1 N–H and O–H groups in total. The first-order chi connectivity index (χ1) is 12.4. The zero-order chi connectivity index (χ0) is 18.7. The molecule has 2 aromatic heterocycles. The number of nitro groups is 1. The molecule has 0 spiro atoms. The Morgan fingerprint density at radius 3 is 2.58 bits per heavy atom. The summed E-state index contributed by atoms with van der Waals surface area (Å²) in [6, 6.07) is 9.43. The van der Waals surface area contributed by atoms with Crippen molar-refractivity contribution in [2.45, 2.75) is 20.3 Å². The van der Waals surface area contributed by atoms with Gasteiger partial charge in [0.05, 0.1) is 25.4 Å². The van der Waals surface area contributed by atoms with Crippen molar-refractivity contribution in [1.82, 2.24) is 10.3 Å². The van der Waals surface area contributed by atoms with Crippen LogP contribution in [0, 0.1) is 24.0 Å². The predicted molar refractivity (Wildman–Crippen MR) is 104 cm³/mol. The molecule has 0 aliphatic heterocycles. The van der Waals surface area contributed by atoms with E-state index in [1.807, 2.05) is 36.6 Å². The maximum atomic E-state index is 12.1. The number of benzene rings is 1. The Kier molecular flexibility index (Phi) is 5.43. The summed E-state index contributed by atoms with van der Waals surface area (Å²) in [5, 5.41) is 16.8. The Morgan fingerprint density at radius 1 is 1.27 bits per heavy atom. The van der Waals surface area contributed by atoms with E-state index in [1.54, 1.807) is 18.3 Å². The highest BCUT2D eigenvalue weighted by atomic mass is 32.1. The zero-order valence-corrected chi connectivity index (χ0v) is 15.9. The van der Waals surface area contributed by atoms with Crippen molar-refractivity contribution in [2.75, 3.05) is 6.54 Å². The van der Waals surface area contributed by atoms with Crippen LogP contribution in [0.3, 0.4) is 0 Å². The van der Waals surface area contributed by atoms with Crippen LogP contribution in [0.1, 0.15) is 25.1 Å². The molecule has 8 heteroatoms. The van der Waals surface area contributed by atoms with Gasteiger partial charge in [-0.05, 0) is 25.8 Å². The number of hydrogen-bond acceptors (Lipinski definition) is 6. The van der Waals surface area contributed by atoms with Gasteiger partial charge in [0, 0.05) is 23.6 Å². The second-order valence-electron chi connectivity index (χ2n) is 5.76. The van der Waals surface area contributed by atoms with Crippen molar-refractivity contribution in [3.05, 3.63) is 66.2 Å². The van der Waals surface area contributed by atoms with E-state index in [-0.39, 0.29) is 11.6 Å². The highest BCUT2D eigenvalue weighted by Gasteiger charge is 2.19. The maximum Gasteiger partial charge on any atom is 0.283 e. The molecule has 0 saturated heterocycles. The third-order valence-electron chi connectivity index (χ3n) is 3.88. The van der Waals surface area contributed by atoms with Crippen LogP contribution in [0.2, 0.25) is 0 Å². The number of aromatic nitrogens is 1. The standard InChI is InChI=1S/C18H17N3O3S2/c1-11-16(21(23)24)9-17(26-11)18(22)19-8-7-13-3-5-14(6-4-13)15-10-25-12(2)20-15/h3-6,9-10H,7-8H2,1-2H3,(H,19,22). The number of hydrogen-bond donors (Lipinski definition) is 1. The summed E-state index contributed by atoms with van der Waals surface area (Å²) in [5.41, 5.74) is 3.15. The largest absolute Gasteiger partial charge is 0.351 e. The Bertz CT molecular complexity index is 945. The van der Waals surface area contributed by atoms with Crippen molar-refractivity contribution in [3.63, 3.8) is 0 Å². The van der Waals surface area contributed by atoms with Crippen LogP contribution < -0.4 is 5.32 Å². The molecular formula is C18H17N3O3S2. The van der Waals surface area contributed by atoms with Crippen LogP contribution in [0.25, 0.3) is 11.3 Å². The fourth-order valence-electron chi connectivity index (χ4n) is 2.51. The van der Waals surface area contributed by atoms with Crippen molar-refractivity contribution in [2.24, 2.45) is 0 Å². The van der Waals surface area contributed by atoms with Gasteiger partial charge in [-0.25, -0.2) is 4.98 Å². The minimum Gasteiger partial charge on any atom is -0.351 e. The third kappa shape index (κ3) is 4.14. The van der Waals surface area contributed by atoms with Gasteiger partial charge in [-0.2, -0.15) is 0 Å². The number of carbonyl (C=O) groups is 1. The quantitative estimate of drug-likeness (QED) is 0.503. The van der Waals surface area contributed by atoms with Gasteiger partial charge >= 0.3 is 0 Å². The first-order valence-electron chi connectivity index (χ1n) is 7.98. The fourth-order valence-corrected chi connectivity index (χ4v) is 4.04. The normalized spacial score (nSPS) is 10.7. The number of thiazole rings is 1. The van der Waals surface area contributed by atoms with E-state index in [9.17, 15) is 14.9 Å². The molecule has 6 nitrogen and oxygen atoms in total. The van der Waals surface area contributed by atoms with Crippen molar-refractivity contribution in [1.29, 1.82) is 0 Å². The molecule has 0 aliphatic carbocycles. The number of amides is 1. The van der Waals surface area contributed by atoms with Crippen molar-refractivity contribution >= 4 is 34.3 Å². The first-order valence-corrected chi connectivity index (χ1v) is 9.68. The Labute approximate surface area is 158 Å². The van der Waals surface area contributed by atoms with Gasteiger partial charge in [0.2, 0.25) is 0 Å². The lowest BCUT2D eigenvalue weighted by Gasteiger charge is -2.05. The van der Waals surface area contributed by atoms with Gasteiger partial charge in [-0.1, -0.05) is 24.3 Å². The highest BCUT2D eigenvalue weighted by Crippen LogP contribution is 2.28. The summed E-state index contributed by atoms with van der Waals surface area (Å²) in [7, 11) is 0. The number of rotatable bonds is 6. The summed E-state index contributed by atoms with van der Waals surface area (Å²) in [6.45, 7) is 4.10. The molecule has 1 amide bonds. The monoisotopic (exact) mass is 387 g/mol. The molecule has 0 unspecified atom stereocenters.